The maximum absolute atomic E-state index is 9.47. The lowest BCUT2D eigenvalue weighted by atomic mass is 9.93. The first kappa shape index (κ1) is 11.0. The largest absolute Gasteiger partial charge is 0.388 e. The van der Waals surface area contributed by atoms with Crippen molar-refractivity contribution in [2.75, 3.05) is 6.61 Å². The third-order valence-electron chi connectivity index (χ3n) is 2.40. The average Bonchev–Trinajstić information content (AvgIpc) is 2.01. The summed E-state index contributed by atoms with van der Waals surface area (Å²) < 4.78 is 5.58. The lowest BCUT2D eigenvalue weighted by Crippen LogP contribution is -2.42. The molecule has 0 bridgehead atoms. The molecule has 3 N–H and O–H groups in total. The zero-order valence-corrected chi connectivity index (χ0v) is 8.62. The molecule has 0 aromatic carbocycles. The average molecular weight is 187 g/mol. The summed E-state index contributed by atoms with van der Waals surface area (Å²) in [6.45, 7) is 3.88. The molecule has 2 unspecified atom stereocenters. The normalized spacial score (nSPS) is 30.5. The molecule has 0 aromatic rings. The van der Waals surface area contributed by atoms with Crippen LogP contribution >= 0.6 is 0 Å². The molecule has 0 amide bonds. The van der Waals surface area contributed by atoms with E-state index in [1.54, 1.807) is 13.8 Å². The molecule has 1 fully saturated rings. The van der Waals surface area contributed by atoms with E-state index < -0.39 is 5.60 Å². The molecule has 3 nitrogen and oxygen atoms in total. The van der Waals surface area contributed by atoms with Crippen LogP contribution in [0.1, 0.15) is 39.5 Å². The molecule has 0 radical (unpaired) electrons. The predicted octanol–water partition coefficient (Wildman–Crippen LogP) is 1.04. The van der Waals surface area contributed by atoms with Crippen LogP contribution in [0.15, 0.2) is 0 Å². The minimum atomic E-state index is -0.739. The van der Waals surface area contributed by atoms with Gasteiger partial charge in [0.25, 0.3) is 0 Å². The van der Waals surface area contributed by atoms with Gasteiger partial charge in [0.05, 0.1) is 18.3 Å². The molecule has 0 aliphatic heterocycles. The van der Waals surface area contributed by atoms with Crippen molar-refractivity contribution < 1.29 is 9.84 Å². The molecule has 1 aliphatic carbocycles. The first-order valence-corrected chi connectivity index (χ1v) is 5.08. The number of ether oxygens (including phenoxy) is 1. The predicted molar refractivity (Wildman–Crippen MR) is 52.5 cm³/mol. The van der Waals surface area contributed by atoms with Gasteiger partial charge < -0.3 is 15.6 Å². The molecule has 13 heavy (non-hydrogen) atoms. The fourth-order valence-corrected chi connectivity index (χ4v) is 1.64. The zero-order valence-electron chi connectivity index (χ0n) is 8.62. The van der Waals surface area contributed by atoms with E-state index in [4.69, 9.17) is 10.5 Å². The van der Waals surface area contributed by atoms with E-state index in [2.05, 4.69) is 0 Å². The smallest absolute Gasteiger partial charge is 0.0824 e. The highest BCUT2D eigenvalue weighted by molar-refractivity contribution is 4.79. The Hall–Kier alpha value is -0.120. The molecule has 0 aromatic heterocycles. The molecule has 0 spiro atoms. The van der Waals surface area contributed by atoms with Crippen LogP contribution in [0.4, 0.5) is 0 Å². The zero-order chi connectivity index (χ0) is 9.90. The Morgan fingerprint density at radius 1 is 1.38 bits per heavy atom. The van der Waals surface area contributed by atoms with Gasteiger partial charge in [0.1, 0.15) is 0 Å². The Kier molecular flexibility index (Phi) is 3.71. The van der Waals surface area contributed by atoms with Crippen molar-refractivity contribution in [3.63, 3.8) is 0 Å². The molecule has 2 atom stereocenters. The second kappa shape index (κ2) is 4.40. The van der Waals surface area contributed by atoms with Crippen molar-refractivity contribution in [2.24, 2.45) is 5.73 Å². The van der Waals surface area contributed by atoms with Crippen LogP contribution < -0.4 is 5.73 Å². The molecule has 1 rings (SSSR count). The first-order valence-electron chi connectivity index (χ1n) is 5.08. The van der Waals surface area contributed by atoms with Crippen molar-refractivity contribution in [2.45, 2.75) is 57.3 Å². The molecular formula is C10H21NO2. The standard InChI is InChI=1S/C10H21NO2/c1-10(2,12)7-13-9-6-4-3-5-8(9)11/h8-9,12H,3-7,11H2,1-2H3. The van der Waals surface area contributed by atoms with Crippen molar-refractivity contribution in [1.82, 2.24) is 0 Å². The van der Waals surface area contributed by atoms with Gasteiger partial charge in [0.2, 0.25) is 0 Å². The van der Waals surface area contributed by atoms with Crippen molar-refractivity contribution in [3.8, 4) is 0 Å². The monoisotopic (exact) mass is 187 g/mol. The van der Waals surface area contributed by atoms with Gasteiger partial charge in [-0.15, -0.1) is 0 Å². The summed E-state index contributed by atoms with van der Waals surface area (Å²) in [6.07, 6.45) is 4.65. The van der Waals surface area contributed by atoms with Gasteiger partial charge >= 0.3 is 0 Å². The number of rotatable bonds is 3. The number of hydrogen-bond acceptors (Lipinski definition) is 3. The summed E-state index contributed by atoms with van der Waals surface area (Å²) in [4.78, 5) is 0. The van der Waals surface area contributed by atoms with Gasteiger partial charge in [-0.1, -0.05) is 12.8 Å². The van der Waals surface area contributed by atoms with Crippen LogP contribution in [0.3, 0.4) is 0 Å². The van der Waals surface area contributed by atoms with Crippen LogP contribution in [0.5, 0.6) is 0 Å². The quantitative estimate of drug-likeness (QED) is 0.694. The highest BCUT2D eigenvalue weighted by Crippen LogP contribution is 2.20. The molecule has 0 heterocycles. The maximum Gasteiger partial charge on any atom is 0.0824 e. The summed E-state index contributed by atoms with van der Waals surface area (Å²) in [5, 5.41) is 9.47. The Morgan fingerprint density at radius 2 is 2.00 bits per heavy atom. The van der Waals surface area contributed by atoms with E-state index >= 15 is 0 Å². The lowest BCUT2D eigenvalue weighted by Gasteiger charge is -2.30. The van der Waals surface area contributed by atoms with Gasteiger partial charge in [-0.3, -0.25) is 0 Å². The van der Waals surface area contributed by atoms with E-state index in [0.29, 0.717) is 6.61 Å². The van der Waals surface area contributed by atoms with Crippen LogP contribution in [0, 0.1) is 0 Å². The number of nitrogens with two attached hydrogens (primary N) is 1. The summed E-state index contributed by atoms with van der Waals surface area (Å²) >= 11 is 0. The van der Waals surface area contributed by atoms with Gasteiger partial charge in [0, 0.05) is 6.04 Å². The number of hydrogen-bond donors (Lipinski definition) is 2. The van der Waals surface area contributed by atoms with Crippen molar-refractivity contribution in [3.05, 3.63) is 0 Å². The second-order valence-electron chi connectivity index (χ2n) is 4.61. The van der Waals surface area contributed by atoms with Gasteiger partial charge in [0.15, 0.2) is 0 Å². The van der Waals surface area contributed by atoms with Gasteiger partial charge in [-0.25, -0.2) is 0 Å². The van der Waals surface area contributed by atoms with Crippen molar-refractivity contribution in [1.29, 1.82) is 0 Å². The fraction of sp³-hybridized carbons (Fsp3) is 1.00. The minimum absolute atomic E-state index is 0.153. The van der Waals surface area contributed by atoms with Gasteiger partial charge in [-0.05, 0) is 26.7 Å². The summed E-state index contributed by atoms with van der Waals surface area (Å²) in [5.74, 6) is 0. The van der Waals surface area contributed by atoms with Crippen LogP contribution in [0.25, 0.3) is 0 Å². The molecule has 1 aliphatic rings. The second-order valence-corrected chi connectivity index (χ2v) is 4.61. The summed E-state index contributed by atoms with van der Waals surface area (Å²) in [7, 11) is 0. The van der Waals surface area contributed by atoms with E-state index in [9.17, 15) is 5.11 Å². The van der Waals surface area contributed by atoms with Crippen LogP contribution in [-0.4, -0.2) is 29.5 Å². The molecule has 78 valence electrons. The third-order valence-corrected chi connectivity index (χ3v) is 2.40. The molecular weight excluding hydrogens is 166 g/mol. The minimum Gasteiger partial charge on any atom is -0.388 e. The van der Waals surface area contributed by atoms with E-state index in [0.717, 1.165) is 12.8 Å². The lowest BCUT2D eigenvalue weighted by molar-refractivity contribution is -0.0681. The first-order chi connectivity index (χ1) is 5.99. The Balaban J connectivity index is 2.27. The topological polar surface area (TPSA) is 55.5 Å². The Morgan fingerprint density at radius 3 is 2.54 bits per heavy atom. The molecule has 1 saturated carbocycles. The van der Waals surface area contributed by atoms with E-state index in [-0.39, 0.29) is 12.1 Å². The van der Waals surface area contributed by atoms with Crippen LogP contribution in [0.2, 0.25) is 0 Å². The highest BCUT2D eigenvalue weighted by atomic mass is 16.5. The van der Waals surface area contributed by atoms with E-state index in [1.165, 1.54) is 12.8 Å². The van der Waals surface area contributed by atoms with Crippen LogP contribution in [-0.2, 0) is 4.74 Å². The summed E-state index contributed by atoms with van der Waals surface area (Å²) in [6, 6.07) is 0.163. The third kappa shape index (κ3) is 4.07. The SMILES string of the molecule is CC(C)(O)COC1CCCCC1N. The molecule has 0 saturated heterocycles. The summed E-state index contributed by atoms with van der Waals surface area (Å²) in [5.41, 5.74) is 5.16. The Labute approximate surface area is 80.3 Å². The maximum atomic E-state index is 9.47. The number of aliphatic hydroxyl groups is 1. The fourth-order valence-electron chi connectivity index (χ4n) is 1.64. The molecule has 3 heteroatoms. The Bertz CT molecular complexity index is 153. The van der Waals surface area contributed by atoms with Crippen molar-refractivity contribution >= 4 is 0 Å². The van der Waals surface area contributed by atoms with E-state index in [1.807, 2.05) is 0 Å². The highest BCUT2D eigenvalue weighted by Gasteiger charge is 2.24. The van der Waals surface area contributed by atoms with Gasteiger partial charge in [-0.2, -0.15) is 0 Å².